The number of nitrogens with zero attached hydrogens (tertiary/aromatic N) is 4. The number of H-pyrrole nitrogens is 1. The van der Waals surface area contributed by atoms with E-state index >= 15 is 0 Å². The van der Waals surface area contributed by atoms with Gasteiger partial charge in [0, 0.05) is 17.2 Å². The third-order valence-electron chi connectivity index (χ3n) is 4.28. The average molecular weight is 453 g/mol. The summed E-state index contributed by atoms with van der Waals surface area (Å²) in [6.07, 6.45) is 1.58. The molecule has 0 saturated heterocycles. The Morgan fingerprint density at radius 1 is 1.06 bits per heavy atom. The molecule has 0 aliphatic heterocycles. The first-order valence-corrected chi connectivity index (χ1v) is 10.7. The highest BCUT2D eigenvalue weighted by Gasteiger charge is 2.20. The van der Waals surface area contributed by atoms with Gasteiger partial charge in [0.15, 0.2) is 11.5 Å². The number of nitrogens with two attached hydrogens (primary N) is 1. The summed E-state index contributed by atoms with van der Waals surface area (Å²) in [5, 5.41) is 9.21. The van der Waals surface area contributed by atoms with E-state index in [0.717, 1.165) is 28.2 Å². The highest BCUT2D eigenvalue weighted by molar-refractivity contribution is 5.99. The summed E-state index contributed by atoms with van der Waals surface area (Å²) in [6, 6.07) is 8.95. The molecule has 0 bridgehead atoms. The topological polar surface area (TPSA) is 148 Å². The molecular weight excluding hydrogens is 420 g/mol. The van der Waals surface area contributed by atoms with Crippen molar-refractivity contribution in [2.45, 2.75) is 53.9 Å². The fourth-order valence-corrected chi connectivity index (χ4v) is 2.60. The van der Waals surface area contributed by atoms with Crippen LogP contribution >= 0.6 is 0 Å². The van der Waals surface area contributed by atoms with Gasteiger partial charge in [-0.1, -0.05) is 57.5 Å². The lowest BCUT2D eigenvalue weighted by Crippen LogP contribution is -2.19. The molecule has 0 aliphatic carbocycles. The van der Waals surface area contributed by atoms with Crippen LogP contribution in [0.4, 0.5) is 22.2 Å². The van der Waals surface area contributed by atoms with Crippen LogP contribution in [-0.2, 0) is 5.41 Å². The number of hydrogen-bond donors (Lipinski definition) is 4. The molecule has 3 heterocycles. The number of rotatable bonds is 2. The Labute approximate surface area is 193 Å². The van der Waals surface area contributed by atoms with Crippen LogP contribution < -0.4 is 16.4 Å². The Morgan fingerprint density at radius 2 is 1.73 bits per heavy atom. The van der Waals surface area contributed by atoms with Crippen LogP contribution in [-0.4, -0.2) is 31.1 Å². The second kappa shape index (κ2) is 11.1. The second-order valence-corrected chi connectivity index (χ2v) is 8.04. The van der Waals surface area contributed by atoms with Crippen LogP contribution in [0.3, 0.4) is 0 Å². The SMILES string of the molecule is CC.Cc1ccc(NC(=O)Nc2cc(C(C)(C)C)on2)cc1.Cc1nc(N)nc2nc[nH]c12. The van der Waals surface area contributed by atoms with E-state index in [1.54, 1.807) is 12.4 Å². The number of anilines is 3. The van der Waals surface area contributed by atoms with E-state index in [0.29, 0.717) is 11.5 Å². The van der Waals surface area contributed by atoms with E-state index in [1.165, 1.54) is 0 Å². The third-order valence-corrected chi connectivity index (χ3v) is 4.28. The fraction of sp³-hybridized carbons (Fsp3) is 0.348. The number of nitrogens with one attached hydrogen (secondary N) is 3. The molecule has 10 nitrogen and oxygen atoms in total. The van der Waals surface area contributed by atoms with E-state index in [-0.39, 0.29) is 17.4 Å². The van der Waals surface area contributed by atoms with Gasteiger partial charge in [-0.25, -0.2) is 14.8 Å². The Hall–Kier alpha value is -3.95. The van der Waals surface area contributed by atoms with Gasteiger partial charge in [-0.15, -0.1) is 0 Å². The van der Waals surface area contributed by atoms with E-state index < -0.39 is 0 Å². The summed E-state index contributed by atoms with van der Waals surface area (Å²) in [7, 11) is 0. The van der Waals surface area contributed by atoms with Crippen molar-refractivity contribution in [2.75, 3.05) is 16.4 Å². The predicted molar refractivity (Wildman–Crippen MR) is 131 cm³/mol. The number of aromatic amines is 1. The average Bonchev–Trinajstić information content (AvgIpc) is 3.41. The number of aryl methyl sites for hydroxylation is 2. The number of benzene rings is 1. The first kappa shape index (κ1) is 25.3. The van der Waals surface area contributed by atoms with Crippen molar-refractivity contribution in [1.82, 2.24) is 25.1 Å². The number of aromatic nitrogens is 5. The molecule has 2 amide bonds. The van der Waals surface area contributed by atoms with Crippen molar-refractivity contribution in [3.05, 3.63) is 53.7 Å². The maximum absolute atomic E-state index is 11.8. The van der Waals surface area contributed by atoms with Gasteiger partial charge in [-0.2, -0.15) is 4.98 Å². The van der Waals surface area contributed by atoms with Crippen LogP contribution in [0.1, 0.15) is 51.6 Å². The molecule has 0 fully saturated rings. The Bertz CT molecular complexity index is 1170. The van der Waals surface area contributed by atoms with Crippen molar-refractivity contribution >= 4 is 34.6 Å². The van der Waals surface area contributed by atoms with Crippen molar-refractivity contribution < 1.29 is 9.32 Å². The lowest BCUT2D eigenvalue weighted by molar-refractivity contribution is 0.262. The largest absolute Gasteiger partial charge is 0.368 e. The number of amides is 2. The monoisotopic (exact) mass is 452 g/mol. The Morgan fingerprint density at radius 3 is 2.33 bits per heavy atom. The number of hydrogen-bond acceptors (Lipinski definition) is 7. The molecule has 0 aliphatic rings. The van der Waals surface area contributed by atoms with Crippen molar-refractivity contribution in [3.8, 4) is 0 Å². The molecule has 0 spiro atoms. The number of imidazole rings is 1. The highest BCUT2D eigenvalue weighted by atomic mass is 16.5. The zero-order valence-corrected chi connectivity index (χ0v) is 20.1. The van der Waals surface area contributed by atoms with Crippen LogP contribution in [0.25, 0.3) is 11.2 Å². The third kappa shape index (κ3) is 7.30. The van der Waals surface area contributed by atoms with Gasteiger partial charge in [0.05, 0.1) is 12.0 Å². The van der Waals surface area contributed by atoms with Gasteiger partial charge in [-0.05, 0) is 26.0 Å². The quantitative estimate of drug-likeness (QED) is 0.327. The number of carbonyl (C=O) groups is 1. The minimum atomic E-state index is -0.345. The standard InChI is InChI=1S/C15H19N3O2.C6H7N5.C2H6/c1-10-5-7-11(8-6-10)16-14(19)17-13-9-12(20-18-13)15(2,3)4;1-3-4-5(9-2-8-4)11-6(7)10-3;1-2/h5-9H,1-4H3,(H2,16,17,18,19);2H,1H3,(H3,7,8,9,10,11);1-2H3. The molecule has 33 heavy (non-hydrogen) atoms. The Kier molecular flexibility index (Phi) is 8.49. The maximum Gasteiger partial charge on any atom is 0.324 e. The minimum absolute atomic E-state index is 0.139. The van der Waals surface area contributed by atoms with Crippen molar-refractivity contribution in [1.29, 1.82) is 0 Å². The summed E-state index contributed by atoms with van der Waals surface area (Å²) >= 11 is 0. The molecule has 4 rings (SSSR count). The molecule has 1 aromatic carbocycles. The van der Waals surface area contributed by atoms with E-state index in [4.69, 9.17) is 10.3 Å². The summed E-state index contributed by atoms with van der Waals surface area (Å²) in [4.78, 5) is 26.6. The first-order valence-electron chi connectivity index (χ1n) is 10.7. The molecule has 176 valence electrons. The van der Waals surface area contributed by atoms with Crippen molar-refractivity contribution in [3.63, 3.8) is 0 Å². The van der Waals surface area contributed by atoms with Gasteiger partial charge in [0.25, 0.3) is 0 Å². The molecule has 0 radical (unpaired) electrons. The molecule has 4 aromatic rings. The maximum atomic E-state index is 11.8. The van der Waals surface area contributed by atoms with E-state index in [1.807, 2.05) is 72.7 Å². The molecule has 0 unspecified atom stereocenters. The summed E-state index contributed by atoms with van der Waals surface area (Å²) < 4.78 is 5.20. The highest BCUT2D eigenvalue weighted by Crippen LogP contribution is 2.24. The first-order chi connectivity index (χ1) is 15.6. The van der Waals surface area contributed by atoms with Crippen LogP contribution in [0.2, 0.25) is 0 Å². The number of carbonyl (C=O) groups excluding carboxylic acids is 1. The van der Waals surface area contributed by atoms with E-state index in [2.05, 4.69) is 35.7 Å². The molecule has 3 aromatic heterocycles. The summed E-state index contributed by atoms with van der Waals surface area (Å²) in [6.45, 7) is 13.9. The van der Waals surface area contributed by atoms with Gasteiger partial charge >= 0.3 is 6.03 Å². The lowest BCUT2D eigenvalue weighted by atomic mass is 9.93. The number of nitrogen functional groups attached to an aromatic ring is 1. The van der Waals surface area contributed by atoms with Gasteiger partial charge in [0.1, 0.15) is 11.3 Å². The van der Waals surface area contributed by atoms with Gasteiger partial charge in [0.2, 0.25) is 5.95 Å². The Balaban J connectivity index is 0.000000249. The zero-order valence-electron chi connectivity index (χ0n) is 20.1. The minimum Gasteiger partial charge on any atom is -0.368 e. The molecule has 10 heteroatoms. The summed E-state index contributed by atoms with van der Waals surface area (Å²) in [5.41, 5.74) is 9.43. The van der Waals surface area contributed by atoms with Crippen LogP contribution in [0.5, 0.6) is 0 Å². The van der Waals surface area contributed by atoms with Gasteiger partial charge in [-0.3, -0.25) is 5.32 Å². The fourth-order valence-electron chi connectivity index (χ4n) is 2.60. The normalized spacial score (nSPS) is 10.5. The lowest BCUT2D eigenvalue weighted by Gasteiger charge is -2.12. The number of fused-ring (bicyclic) bond motifs is 1. The van der Waals surface area contributed by atoms with Crippen LogP contribution in [0, 0.1) is 13.8 Å². The van der Waals surface area contributed by atoms with Gasteiger partial charge < -0.3 is 20.6 Å². The van der Waals surface area contributed by atoms with Crippen LogP contribution in [0.15, 0.2) is 41.2 Å². The summed E-state index contributed by atoms with van der Waals surface area (Å²) in [5.74, 6) is 1.39. The molecule has 0 atom stereocenters. The zero-order chi connectivity index (χ0) is 24.6. The molecule has 0 saturated carbocycles. The molecule has 5 N–H and O–H groups in total. The van der Waals surface area contributed by atoms with Crippen molar-refractivity contribution in [2.24, 2.45) is 0 Å². The predicted octanol–water partition coefficient (Wildman–Crippen LogP) is 5.19. The van der Waals surface area contributed by atoms with E-state index in [9.17, 15) is 4.79 Å². The second-order valence-electron chi connectivity index (χ2n) is 8.04. The molecular formula is C23H32N8O2. The smallest absolute Gasteiger partial charge is 0.324 e. The number of urea groups is 1.